The van der Waals surface area contributed by atoms with Gasteiger partial charge < -0.3 is 14.8 Å². The van der Waals surface area contributed by atoms with Crippen LogP contribution >= 0.6 is 0 Å². The number of carbonyl (C=O) groups is 1. The zero-order valence-electron chi connectivity index (χ0n) is 26.9. The Kier molecular flexibility index (Phi) is 8.75. The van der Waals surface area contributed by atoms with E-state index in [0.29, 0.717) is 21.4 Å². The third-order valence-corrected chi connectivity index (χ3v) is 7.74. The molecule has 0 aliphatic heterocycles. The van der Waals surface area contributed by atoms with Gasteiger partial charge in [-0.1, -0.05) is 19.9 Å². The van der Waals surface area contributed by atoms with Crippen LogP contribution in [0.2, 0.25) is 0 Å². The van der Waals surface area contributed by atoms with Crippen molar-refractivity contribution in [3.05, 3.63) is 112 Å². The van der Waals surface area contributed by atoms with E-state index in [4.69, 9.17) is 0 Å². The maximum absolute atomic E-state index is 14.2. The first kappa shape index (κ1) is 33.0. The lowest BCUT2D eigenvalue weighted by atomic mass is 10.0. The van der Waals surface area contributed by atoms with Crippen molar-refractivity contribution >= 4 is 6.03 Å². The number of hydrogen-bond acceptors (Lipinski definition) is 4. The summed E-state index contributed by atoms with van der Waals surface area (Å²) in [5.74, 6) is -0.0930. The number of quaternary nitrogens is 1. The number of nitrogens with one attached hydrogen (secondary N) is 2. The minimum atomic E-state index is -4.64. The summed E-state index contributed by atoms with van der Waals surface area (Å²) < 4.78 is 45.3. The molecule has 0 saturated carbocycles. The lowest BCUT2D eigenvalue weighted by Crippen LogP contribution is -2.40. The van der Waals surface area contributed by atoms with Gasteiger partial charge in [0.15, 0.2) is 0 Å². The number of nitriles is 1. The summed E-state index contributed by atoms with van der Waals surface area (Å²) in [4.78, 5) is 31.8. The molecule has 2 N–H and O–H groups in total. The van der Waals surface area contributed by atoms with E-state index >= 15 is 0 Å². The Hall–Kier alpha value is -5.35. The van der Waals surface area contributed by atoms with E-state index in [1.165, 1.54) is 23.0 Å². The van der Waals surface area contributed by atoms with Gasteiger partial charge in [0.25, 0.3) is 0 Å². The number of benzene rings is 2. The van der Waals surface area contributed by atoms with Crippen LogP contribution in [0.4, 0.5) is 18.0 Å². The third kappa shape index (κ3) is 6.78. The second-order valence-corrected chi connectivity index (χ2v) is 12.8. The summed E-state index contributed by atoms with van der Waals surface area (Å²) in [5.41, 5.74) is 1.60. The summed E-state index contributed by atoms with van der Waals surface area (Å²) >= 11 is 0. The molecule has 2 aromatic carbocycles. The van der Waals surface area contributed by atoms with Gasteiger partial charge in [0.2, 0.25) is 0 Å². The van der Waals surface area contributed by atoms with Crippen LogP contribution in [0.3, 0.4) is 0 Å². The van der Waals surface area contributed by atoms with E-state index in [-0.39, 0.29) is 23.0 Å². The van der Waals surface area contributed by atoms with Crippen molar-refractivity contribution in [3.8, 4) is 28.8 Å². The average molecular weight is 646 g/mol. The molecule has 1 amide bonds. The standard InChI is InChI=1S/C34H35F3N8O2/c1-21(2)30(28-15-12-25(40-28)20-45(4,5)6)41-32(46)43-31(29-16-17-39-44(29)26-13-10-23(19-38)11-14-26)22(3)42(33(43)47)27-9-7-8-24(18-27)34(35,36)37/h7-18,21,30,40H,20H2,1-6H3/p+1/t30-/m0/s1. The monoisotopic (exact) mass is 645 g/mol. The summed E-state index contributed by atoms with van der Waals surface area (Å²) in [5, 5.41) is 16.7. The zero-order chi connectivity index (χ0) is 34.3. The van der Waals surface area contributed by atoms with Crippen molar-refractivity contribution in [2.75, 3.05) is 21.1 Å². The van der Waals surface area contributed by atoms with Gasteiger partial charge in [-0.05, 0) is 73.5 Å². The number of H-pyrrole nitrogens is 1. The van der Waals surface area contributed by atoms with Crippen molar-refractivity contribution in [2.45, 2.75) is 39.5 Å². The minimum absolute atomic E-state index is 0.0470. The number of imidazole rings is 1. The van der Waals surface area contributed by atoms with Gasteiger partial charge in [-0.15, -0.1) is 0 Å². The van der Waals surface area contributed by atoms with E-state index in [2.05, 4.69) is 42.6 Å². The Morgan fingerprint density at radius 3 is 2.36 bits per heavy atom. The molecule has 3 aromatic heterocycles. The third-order valence-electron chi connectivity index (χ3n) is 7.74. The fourth-order valence-corrected chi connectivity index (χ4v) is 5.63. The summed E-state index contributed by atoms with van der Waals surface area (Å²) in [6, 6.07) is 17.2. The molecule has 244 valence electrons. The van der Waals surface area contributed by atoms with Gasteiger partial charge in [-0.3, -0.25) is 4.57 Å². The molecule has 0 aliphatic rings. The van der Waals surface area contributed by atoms with Crippen LogP contribution in [0, 0.1) is 24.2 Å². The molecule has 13 heteroatoms. The van der Waals surface area contributed by atoms with E-state index in [0.717, 1.165) is 39.2 Å². The molecule has 0 aliphatic carbocycles. The second kappa shape index (κ2) is 12.4. The quantitative estimate of drug-likeness (QED) is 0.196. The fourth-order valence-electron chi connectivity index (χ4n) is 5.63. The highest BCUT2D eigenvalue weighted by atomic mass is 19.4. The highest BCUT2D eigenvalue weighted by Gasteiger charge is 2.33. The van der Waals surface area contributed by atoms with E-state index in [1.807, 2.05) is 26.0 Å². The van der Waals surface area contributed by atoms with Crippen LogP contribution in [0.15, 0.2) is 77.7 Å². The fraction of sp³-hybridized carbons (Fsp3) is 0.294. The van der Waals surface area contributed by atoms with Crippen LogP contribution in [-0.2, 0) is 12.7 Å². The number of amides is 1. The molecule has 5 rings (SSSR count). The molecule has 0 saturated heterocycles. The lowest BCUT2D eigenvalue weighted by Gasteiger charge is -2.24. The summed E-state index contributed by atoms with van der Waals surface area (Å²) in [6.07, 6.45) is -3.15. The molecule has 47 heavy (non-hydrogen) atoms. The Morgan fingerprint density at radius 1 is 1.04 bits per heavy atom. The summed E-state index contributed by atoms with van der Waals surface area (Å²) in [6.45, 7) is 6.17. The SMILES string of the molecule is Cc1c(-c2ccnn2-c2ccc(C#N)cc2)n(C(=O)N[C@H](c2ccc(C[N+](C)(C)C)[nH]2)C(C)C)c(=O)n1-c1cccc(C(F)(F)F)c1. The van der Waals surface area contributed by atoms with Crippen LogP contribution in [-0.4, -0.2) is 55.6 Å². The first-order valence-electron chi connectivity index (χ1n) is 14.9. The first-order chi connectivity index (χ1) is 22.1. The molecule has 5 aromatic rings. The van der Waals surface area contributed by atoms with E-state index in [9.17, 15) is 28.0 Å². The van der Waals surface area contributed by atoms with Crippen LogP contribution in [0.1, 0.15) is 48.1 Å². The Balaban J connectivity index is 1.67. The molecular formula is C34H36F3N8O2+. The lowest BCUT2D eigenvalue weighted by molar-refractivity contribution is -0.884. The average Bonchev–Trinajstić information content (AvgIpc) is 3.72. The maximum Gasteiger partial charge on any atom is 0.416 e. The van der Waals surface area contributed by atoms with Gasteiger partial charge in [0, 0.05) is 5.69 Å². The van der Waals surface area contributed by atoms with Gasteiger partial charge in [-0.2, -0.15) is 23.5 Å². The highest BCUT2D eigenvalue weighted by Crippen LogP contribution is 2.32. The molecule has 0 bridgehead atoms. The molecule has 10 nitrogen and oxygen atoms in total. The topological polar surface area (TPSA) is 113 Å². The first-order valence-corrected chi connectivity index (χ1v) is 14.9. The van der Waals surface area contributed by atoms with Gasteiger partial charge >= 0.3 is 17.9 Å². The number of rotatable bonds is 8. The second-order valence-electron chi connectivity index (χ2n) is 12.8. The molecule has 0 spiro atoms. The van der Waals surface area contributed by atoms with E-state index in [1.54, 1.807) is 37.3 Å². The number of aromatic nitrogens is 5. The predicted octanol–water partition coefficient (Wildman–Crippen LogP) is 6.18. The van der Waals surface area contributed by atoms with Crippen LogP contribution in [0.25, 0.3) is 22.8 Å². The van der Waals surface area contributed by atoms with Crippen molar-refractivity contribution in [3.63, 3.8) is 0 Å². The van der Waals surface area contributed by atoms with Gasteiger partial charge in [0.1, 0.15) is 12.2 Å². The highest BCUT2D eigenvalue weighted by molar-refractivity contribution is 5.83. The van der Waals surface area contributed by atoms with E-state index < -0.39 is 29.5 Å². The molecule has 0 fully saturated rings. The summed E-state index contributed by atoms with van der Waals surface area (Å²) in [7, 11) is 6.20. The molecule has 0 unspecified atom stereocenters. The largest absolute Gasteiger partial charge is 0.416 e. The molecule has 1 atom stereocenters. The Morgan fingerprint density at radius 2 is 1.74 bits per heavy atom. The maximum atomic E-state index is 14.2. The van der Waals surface area contributed by atoms with Crippen molar-refractivity contribution in [2.24, 2.45) is 5.92 Å². The van der Waals surface area contributed by atoms with Crippen molar-refractivity contribution < 1.29 is 22.4 Å². The van der Waals surface area contributed by atoms with Gasteiger partial charge in [-0.25, -0.2) is 18.8 Å². The molecule has 0 radical (unpaired) electrons. The minimum Gasteiger partial charge on any atom is -0.356 e. The molecule has 3 heterocycles. The van der Waals surface area contributed by atoms with Crippen molar-refractivity contribution in [1.29, 1.82) is 5.26 Å². The zero-order valence-corrected chi connectivity index (χ0v) is 26.9. The smallest absolute Gasteiger partial charge is 0.356 e. The number of carbonyl (C=O) groups excluding carboxylic acids is 1. The van der Waals surface area contributed by atoms with Crippen molar-refractivity contribution in [1.82, 2.24) is 29.2 Å². The number of halogens is 3. The van der Waals surface area contributed by atoms with Crippen LogP contribution < -0.4 is 11.0 Å². The Bertz CT molecular complexity index is 2020. The predicted molar refractivity (Wildman–Crippen MR) is 171 cm³/mol. The molecular weight excluding hydrogens is 609 g/mol. The number of alkyl halides is 3. The van der Waals surface area contributed by atoms with Gasteiger partial charge in [0.05, 0.1) is 79.0 Å². The number of nitrogens with zero attached hydrogens (tertiary/aromatic N) is 6. The van der Waals surface area contributed by atoms with Crippen LogP contribution in [0.5, 0.6) is 0 Å². The number of hydrogen-bond donors (Lipinski definition) is 2. The number of aromatic amines is 1. The Labute approximate surface area is 269 Å². The normalized spacial score (nSPS) is 12.7.